The van der Waals surface area contributed by atoms with Gasteiger partial charge >= 0.3 is 5.97 Å². The molecule has 0 bridgehead atoms. The van der Waals surface area contributed by atoms with Crippen LogP contribution in [0.3, 0.4) is 0 Å². The van der Waals surface area contributed by atoms with Crippen LogP contribution in [0.1, 0.15) is 27.7 Å². The number of rotatable bonds is 8. The van der Waals surface area contributed by atoms with Crippen molar-refractivity contribution in [3.63, 3.8) is 0 Å². The van der Waals surface area contributed by atoms with Gasteiger partial charge in [0.15, 0.2) is 0 Å². The van der Waals surface area contributed by atoms with Crippen LogP contribution in [0.25, 0.3) is 0 Å². The van der Waals surface area contributed by atoms with E-state index in [1.807, 2.05) is 0 Å². The van der Waals surface area contributed by atoms with E-state index in [-0.39, 0.29) is 11.9 Å². The number of carbonyl (C=O) groups is 1. The first-order chi connectivity index (χ1) is 8.07. The third-order valence-electron chi connectivity index (χ3n) is 2.17. The topological polar surface area (TPSA) is 84.5 Å². The molecule has 18 heavy (non-hydrogen) atoms. The van der Waals surface area contributed by atoms with E-state index in [0.29, 0.717) is 19.7 Å². The molecule has 0 aliphatic rings. The monoisotopic (exact) mass is 280 g/mol. The molecule has 7 heteroatoms. The van der Waals surface area contributed by atoms with Gasteiger partial charge in [0, 0.05) is 18.6 Å². The molecule has 0 aromatic heterocycles. The Morgan fingerprint density at radius 1 is 1.39 bits per heavy atom. The van der Waals surface area contributed by atoms with Crippen LogP contribution in [0.2, 0.25) is 0 Å². The molecule has 0 saturated carbocycles. The van der Waals surface area contributed by atoms with Gasteiger partial charge in [-0.2, -0.15) is 0 Å². The average molecular weight is 280 g/mol. The van der Waals surface area contributed by atoms with Crippen LogP contribution in [0.15, 0.2) is 0 Å². The van der Waals surface area contributed by atoms with Gasteiger partial charge in [-0.3, -0.25) is 4.79 Å². The van der Waals surface area contributed by atoms with Crippen molar-refractivity contribution >= 4 is 16.0 Å². The van der Waals surface area contributed by atoms with Gasteiger partial charge in [0.2, 0.25) is 10.0 Å². The Morgan fingerprint density at radius 2 is 1.94 bits per heavy atom. The summed E-state index contributed by atoms with van der Waals surface area (Å²) in [5.74, 6) is -0.502. The molecule has 0 heterocycles. The maximum Gasteiger partial charge on any atom is 0.309 e. The Labute approximate surface area is 110 Å². The Hall–Kier alpha value is -0.660. The largest absolute Gasteiger partial charge is 0.466 e. The van der Waals surface area contributed by atoms with Crippen molar-refractivity contribution < 1.29 is 17.9 Å². The number of hydrogen-bond acceptors (Lipinski definition) is 5. The van der Waals surface area contributed by atoms with E-state index < -0.39 is 15.6 Å². The van der Waals surface area contributed by atoms with Crippen LogP contribution >= 0.6 is 0 Å². The molecular formula is C11H24N2O4S. The van der Waals surface area contributed by atoms with Crippen LogP contribution in [-0.2, 0) is 19.6 Å². The summed E-state index contributed by atoms with van der Waals surface area (Å²) in [5.41, 5.74) is -0.595. The summed E-state index contributed by atoms with van der Waals surface area (Å²) in [6.07, 6.45) is 1.12. The van der Waals surface area contributed by atoms with E-state index >= 15 is 0 Å². The predicted octanol–water partition coefficient (Wildman–Crippen LogP) is 0.103. The predicted molar refractivity (Wildman–Crippen MR) is 70.7 cm³/mol. The molecule has 0 saturated heterocycles. The second-order valence-electron chi connectivity index (χ2n) is 5.04. The van der Waals surface area contributed by atoms with Crippen molar-refractivity contribution in [2.24, 2.45) is 5.92 Å². The summed E-state index contributed by atoms with van der Waals surface area (Å²) >= 11 is 0. The fourth-order valence-corrected chi connectivity index (χ4v) is 2.58. The second-order valence-corrected chi connectivity index (χ2v) is 6.79. The van der Waals surface area contributed by atoms with Crippen molar-refractivity contribution in [2.75, 3.05) is 26.0 Å². The van der Waals surface area contributed by atoms with Gasteiger partial charge < -0.3 is 10.1 Å². The van der Waals surface area contributed by atoms with Gasteiger partial charge in [-0.05, 0) is 20.8 Å². The Kier molecular flexibility index (Phi) is 6.80. The quantitative estimate of drug-likeness (QED) is 0.616. The zero-order valence-electron chi connectivity index (χ0n) is 11.7. The van der Waals surface area contributed by atoms with E-state index in [0.717, 1.165) is 6.26 Å². The van der Waals surface area contributed by atoms with Gasteiger partial charge in [0.05, 0.1) is 18.8 Å². The molecule has 0 aromatic carbocycles. The molecule has 6 nitrogen and oxygen atoms in total. The highest BCUT2D eigenvalue weighted by Crippen LogP contribution is 2.03. The summed E-state index contributed by atoms with van der Waals surface area (Å²) in [6, 6.07) is 0. The van der Waals surface area contributed by atoms with E-state index in [9.17, 15) is 13.2 Å². The minimum absolute atomic E-state index is 0.251. The molecule has 108 valence electrons. The number of hydrogen-bond donors (Lipinski definition) is 2. The molecule has 1 atom stereocenters. The van der Waals surface area contributed by atoms with Crippen molar-refractivity contribution in [3.05, 3.63) is 0 Å². The number of ether oxygens (including phenoxy) is 1. The maximum absolute atomic E-state index is 11.4. The van der Waals surface area contributed by atoms with Crippen molar-refractivity contribution in [2.45, 2.75) is 33.2 Å². The summed E-state index contributed by atoms with van der Waals surface area (Å²) in [4.78, 5) is 11.4. The molecule has 0 aliphatic carbocycles. The van der Waals surface area contributed by atoms with E-state index in [1.54, 1.807) is 27.7 Å². The summed E-state index contributed by atoms with van der Waals surface area (Å²) in [6.45, 7) is 8.33. The van der Waals surface area contributed by atoms with E-state index in [4.69, 9.17) is 4.74 Å². The lowest BCUT2D eigenvalue weighted by Gasteiger charge is -2.26. The van der Waals surface area contributed by atoms with Crippen LogP contribution < -0.4 is 10.0 Å². The number of carbonyl (C=O) groups excluding carboxylic acids is 1. The zero-order valence-corrected chi connectivity index (χ0v) is 12.6. The Morgan fingerprint density at radius 3 is 2.39 bits per heavy atom. The first-order valence-electron chi connectivity index (χ1n) is 5.93. The van der Waals surface area contributed by atoms with Crippen LogP contribution in [0.4, 0.5) is 0 Å². The van der Waals surface area contributed by atoms with E-state index in [1.165, 1.54) is 0 Å². The lowest BCUT2D eigenvalue weighted by Crippen LogP contribution is -2.50. The highest BCUT2D eigenvalue weighted by Gasteiger charge is 2.22. The highest BCUT2D eigenvalue weighted by molar-refractivity contribution is 7.88. The molecule has 2 N–H and O–H groups in total. The van der Waals surface area contributed by atoms with Gasteiger partial charge in [0.1, 0.15) is 0 Å². The third-order valence-corrected chi connectivity index (χ3v) is 3.09. The molecule has 0 spiro atoms. The molecule has 0 aromatic rings. The molecule has 0 rings (SSSR count). The lowest BCUT2D eigenvalue weighted by molar-refractivity contribution is -0.147. The smallest absolute Gasteiger partial charge is 0.309 e. The maximum atomic E-state index is 11.4. The normalized spacial score (nSPS) is 14.3. The summed E-state index contributed by atoms with van der Waals surface area (Å²) in [5, 5.41) is 3.06. The van der Waals surface area contributed by atoms with Crippen molar-refractivity contribution in [1.82, 2.24) is 10.0 Å². The fraction of sp³-hybridized carbons (Fsp3) is 0.909. The fourth-order valence-electron chi connectivity index (χ4n) is 1.51. The third kappa shape index (κ3) is 8.43. The standard InChI is InChI=1S/C11H24N2O4S/c1-6-17-10(14)9(2)7-12-8-11(3,4)13-18(5,15)16/h9,12-13H,6-8H2,1-5H3. The van der Waals surface area contributed by atoms with Crippen LogP contribution in [0, 0.1) is 5.92 Å². The average Bonchev–Trinajstić information content (AvgIpc) is 2.13. The molecule has 0 fully saturated rings. The first-order valence-corrected chi connectivity index (χ1v) is 7.83. The van der Waals surface area contributed by atoms with Crippen molar-refractivity contribution in [1.29, 1.82) is 0 Å². The van der Waals surface area contributed by atoms with Crippen LogP contribution in [0.5, 0.6) is 0 Å². The van der Waals surface area contributed by atoms with Crippen LogP contribution in [-0.4, -0.2) is 45.9 Å². The number of esters is 1. The van der Waals surface area contributed by atoms with Gasteiger partial charge in [-0.1, -0.05) is 6.92 Å². The summed E-state index contributed by atoms with van der Waals surface area (Å²) < 4.78 is 29.6. The second kappa shape index (κ2) is 7.06. The molecule has 0 radical (unpaired) electrons. The van der Waals surface area contributed by atoms with Gasteiger partial charge in [-0.25, -0.2) is 13.1 Å². The Balaban J connectivity index is 4.07. The minimum Gasteiger partial charge on any atom is -0.466 e. The molecule has 0 aliphatic heterocycles. The molecule has 0 amide bonds. The SMILES string of the molecule is CCOC(=O)C(C)CNCC(C)(C)NS(C)(=O)=O. The van der Waals surface area contributed by atoms with Gasteiger partial charge in [0.25, 0.3) is 0 Å². The first kappa shape index (κ1) is 17.3. The Bertz CT molecular complexity index is 365. The molecular weight excluding hydrogens is 256 g/mol. The number of nitrogens with one attached hydrogen (secondary N) is 2. The number of sulfonamides is 1. The highest BCUT2D eigenvalue weighted by atomic mass is 32.2. The van der Waals surface area contributed by atoms with Gasteiger partial charge in [-0.15, -0.1) is 0 Å². The zero-order chi connectivity index (χ0) is 14.4. The lowest BCUT2D eigenvalue weighted by atomic mass is 10.1. The van der Waals surface area contributed by atoms with E-state index in [2.05, 4.69) is 10.0 Å². The summed E-state index contributed by atoms with van der Waals surface area (Å²) in [7, 11) is -3.24. The van der Waals surface area contributed by atoms with Crippen molar-refractivity contribution in [3.8, 4) is 0 Å². The molecule has 1 unspecified atom stereocenters. The minimum atomic E-state index is -3.24.